The van der Waals surface area contributed by atoms with Gasteiger partial charge in [-0.15, -0.1) is 12.4 Å². The second kappa shape index (κ2) is 11.0. The van der Waals surface area contributed by atoms with Crippen molar-refractivity contribution in [3.8, 4) is 11.5 Å². The van der Waals surface area contributed by atoms with Gasteiger partial charge in [0, 0.05) is 31.7 Å². The standard InChI is InChI=1S/C24H28N6O4.ClH/c1-33-18-3-4-19-20(12-18)30(23(32)14-26-19)11-10-29-8-6-16(7-9-29)25-13-17-2-5-21-24(27-17)28-22(31)15-34-21;/h2-5,12,14,16,25H,6-11,13,15H2,1H3,(H,27,28,31);1H. The summed E-state index contributed by atoms with van der Waals surface area (Å²) in [5.74, 6) is 1.63. The lowest BCUT2D eigenvalue weighted by molar-refractivity contribution is -0.118. The molecule has 1 amide bonds. The Morgan fingerprint density at radius 1 is 1.17 bits per heavy atom. The van der Waals surface area contributed by atoms with E-state index >= 15 is 0 Å². The number of hydrogen-bond donors (Lipinski definition) is 2. The van der Waals surface area contributed by atoms with Crippen molar-refractivity contribution >= 4 is 35.2 Å². The van der Waals surface area contributed by atoms with Crippen LogP contribution in [0.2, 0.25) is 0 Å². The fourth-order valence-corrected chi connectivity index (χ4v) is 4.45. The van der Waals surface area contributed by atoms with Crippen LogP contribution in [0.1, 0.15) is 18.5 Å². The third-order valence-electron chi connectivity index (χ3n) is 6.39. The molecule has 35 heavy (non-hydrogen) atoms. The highest BCUT2D eigenvalue weighted by molar-refractivity contribution is 5.94. The molecule has 2 N–H and O–H groups in total. The van der Waals surface area contributed by atoms with Gasteiger partial charge in [0.1, 0.15) is 5.75 Å². The zero-order valence-electron chi connectivity index (χ0n) is 19.5. The number of anilines is 1. The summed E-state index contributed by atoms with van der Waals surface area (Å²) < 4.78 is 12.5. The molecule has 1 aromatic carbocycles. The first-order valence-corrected chi connectivity index (χ1v) is 11.5. The lowest BCUT2D eigenvalue weighted by atomic mass is 10.0. The number of benzene rings is 1. The number of carbonyl (C=O) groups excluding carboxylic acids is 1. The monoisotopic (exact) mass is 500 g/mol. The molecule has 5 rings (SSSR count). The maximum absolute atomic E-state index is 12.5. The van der Waals surface area contributed by atoms with E-state index in [0.717, 1.165) is 49.2 Å². The van der Waals surface area contributed by atoms with Crippen LogP contribution in [0.25, 0.3) is 11.0 Å². The first kappa shape index (κ1) is 24.9. The summed E-state index contributed by atoms with van der Waals surface area (Å²) in [5, 5.41) is 6.32. The first-order valence-electron chi connectivity index (χ1n) is 11.5. The molecule has 2 aromatic heterocycles. The van der Waals surface area contributed by atoms with E-state index in [0.29, 0.717) is 36.4 Å². The van der Waals surface area contributed by atoms with Crippen LogP contribution in [0.4, 0.5) is 5.82 Å². The van der Waals surface area contributed by atoms with E-state index in [9.17, 15) is 9.59 Å². The topological polar surface area (TPSA) is 111 Å². The lowest BCUT2D eigenvalue weighted by Crippen LogP contribution is -2.43. The van der Waals surface area contributed by atoms with Crippen LogP contribution >= 0.6 is 12.4 Å². The number of carbonyl (C=O) groups is 1. The van der Waals surface area contributed by atoms with E-state index in [1.54, 1.807) is 11.7 Å². The largest absolute Gasteiger partial charge is 0.497 e. The molecule has 3 aromatic rings. The van der Waals surface area contributed by atoms with Gasteiger partial charge in [0.25, 0.3) is 11.5 Å². The number of methoxy groups -OCH3 is 1. The Morgan fingerprint density at radius 3 is 2.80 bits per heavy atom. The molecule has 1 saturated heterocycles. The number of ether oxygens (including phenoxy) is 2. The van der Waals surface area contributed by atoms with E-state index in [-0.39, 0.29) is 30.5 Å². The van der Waals surface area contributed by atoms with Gasteiger partial charge in [0.05, 0.1) is 30.0 Å². The van der Waals surface area contributed by atoms with Crippen molar-refractivity contribution in [2.24, 2.45) is 0 Å². The van der Waals surface area contributed by atoms with Gasteiger partial charge < -0.3 is 29.6 Å². The van der Waals surface area contributed by atoms with Crippen LogP contribution in [0.3, 0.4) is 0 Å². The van der Waals surface area contributed by atoms with E-state index in [1.165, 1.54) is 6.20 Å². The molecule has 2 aliphatic heterocycles. The van der Waals surface area contributed by atoms with Crippen molar-refractivity contribution in [3.05, 3.63) is 52.6 Å². The number of nitrogens with zero attached hydrogens (tertiary/aromatic N) is 4. The molecule has 0 radical (unpaired) electrons. The number of fused-ring (bicyclic) bond motifs is 2. The lowest BCUT2D eigenvalue weighted by Gasteiger charge is -2.32. The summed E-state index contributed by atoms with van der Waals surface area (Å²) in [6.07, 6.45) is 3.42. The molecule has 0 aliphatic carbocycles. The zero-order chi connectivity index (χ0) is 23.5. The Kier molecular flexibility index (Phi) is 7.84. The van der Waals surface area contributed by atoms with Gasteiger partial charge in [-0.3, -0.25) is 9.59 Å². The van der Waals surface area contributed by atoms with Gasteiger partial charge >= 0.3 is 0 Å². The number of pyridine rings is 1. The summed E-state index contributed by atoms with van der Waals surface area (Å²) in [7, 11) is 1.62. The van der Waals surface area contributed by atoms with Crippen molar-refractivity contribution in [3.63, 3.8) is 0 Å². The molecule has 1 fully saturated rings. The fourth-order valence-electron chi connectivity index (χ4n) is 4.45. The molecule has 10 nitrogen and oxygen atoms in total. The number of hydrogen-bond acceptors (Lipinski definition) is 8. The van der Waals surface area contributed by atoms with E-state index in [1.807, 2.05) is 30.3 Å². The SMILES string of the molecule is COc1ccc2ncc(=O)n(CCN3CCC(NCc4ccc5c(n4)NC(=O)CO5)CC3)c2c1.Cl. The van der Waals surface area contributed by atoms with Gasteiger partial charge in [0.15, 0.2) is 18.2 Å². The number of likely N-dealkylation sites (tertiary alicyclic amines) is 1. The minimum atomic E-state index is -0.182. The molecule has 0 saturated carbocycles. The van der Waals surface area contributed by atoms with Crippen molar-refractivity contribution in [2.75, 3.05) is 38.7 Å². The summed E-state index contributed by atoms with van der Waals surface area (Å²) in [6, 6.07) is 9.76. The molecule has 0 unspecified atom stereocenters. The van der Waals surface area contributed by atoms with Crippen LogP contribution in [-0.2, 0) is 17.9 Å². The second-order valence-corrected chi connectivity index (χ2v) is 8.59. The highest BCUT2D eigenvalue weighted by atomic mass is 35.5. The Labute approximate surface area is 209 Å². The van der Waals surface area contributed by atoms with E-state index in [4.69, 9.17) is 9.47 Å². The molecule has 4 heterocycles. The van der Waals surface area contributed by atoms with Crippen molar-refractivity contribution < 1.29 is 14.3 Å². The van der Waals surface area contributed by atoms with Gasteiger partial charge in [-0.2, -0.15) is 0 Å². The summed E-state index contributed by atoms with van der Waals surface area (Å²) in [5.41, 5.74) is 2.34. The van der Waals surface area contributed by atoms with Crippen LogP contribution in [0.5, 0.6) is 11.5 Å². The number of piperidine rings is 1. The Balaban J connectivity index is 0.00000289. The predicted molar refractivity (Wildman–Crippen MR) is 134 cm³/mol. The van der Waals surface area contributed by atoms with Crippen LogP contribution < -0.4 is 25.7 Å². The predicted octanol–water partition coefficient (Wildman–Crippen LogP) is 1.81. The maximum Gasteiger partial charge on any atom is 0.269 e. The minimum absolute atomic E-state index is 0. The third kappa shape index (κ3) is 5.72. The number of halogens is 1. The summed E-state index contributed by atoms with van der Waals surface area (Å²) >= 11 is 0. The van der Waals surface area contributed by atoms with Gasteiger partial charge in [-0.25, -0.2) is 9.97 Å². The highest BCUT2D eigenvalue weighted by Gasteiger charge is 2.21. The van der Waals surface area contributed by atoms with E-state index < -0.39 is 0 Å². The molecule has 186 valence electrons. The minimum Gasteiger partial charge on any atom is -0.497 e. The number of nitrogens with one attached hydrogen (secondary N) is 2. The normalized spacial score (nSPS) is 16.2. The molecule has 0 spiro atoms. The first-order chi connectivity index (χ1) is 16.6. The third-order valence-corrected chi connectivity index (χ3v) is 6.39. The zero-order valence-corrected chi connectivity index (χ0v) is 20.3. The Morgan fingerprint density at radius 2 is 2.00 bits per heavy atom. The van der Waals surface area contributed by atoms with Gasteiger partial charge in [-0.1, -0.05) is 0 Å². The number of rotatable bonds is 7. The maximum atomic E-state index is 12.5. The molecule has 11 heteroatoms. The quantitative estimate of drug-likeness (QED) is 0.505. The molecule has 2 aliphatic rings. The molecular weight excluding hydrogens is 472 g/mol. The highest BCUT2D eigenvalue weighted by Crippen LogP contribution is 2.25. The Bertz CT molecular complexity index is 1260. The van der Waals surface area contributed by atoms with Crippen LogP contribution in [0.15, 0.2) is 41.3 Å². The van der Waals surface area contributed by atoms with Crippen LogP contribution in [-0.4, -0.2) is 64.7 Å². The fraction of sp³-hybridized carbons (Fsp3) is 0.417. The average molecular weight is 501 g/mol. The van der Waals surface area contributed by atoms with Crippen molar-refractivity contribution in [1.29, 1.82) is 0 Å². The molecular formula is C24H29ClN6O4. The van der Waals surface area contributed by atoms with Crippen molar-refractivity contribution in [2.45, 2.75) is 32.0 Å². The van der Waals surface area contributed by atoms with Gasteiger partial charge in [-0.05, 0) is 50.2 Å². The van der Waals surface area contributed by atoms with Crippen molar-refractivity contribution in [1.82, 2.24) is 24.8 Å². The van der Waals surface area contributed by atoms with Gasteiger partial charge in [0.2, 0.25) is 0 Å². The van der Waals surface area contributed by atoms with E-state index in [2.05, 4.69) is 25.5 Å². The number of aromatic nitrogens is 3. The smallest absolute Gasteiger partial charge is 0.269 e. The van der Waals surface area contributed by atoms with Crippen LogP contribution in [0, 0.1) is 0 Å². The summed E-state index contributed by atoms with van der Waals surface area (Å²) in [6.45, 7) is 3.99. The second-order valence-electron chi connectivity index (χ2n) is 8.59. The Hall–Kier alpha value is -3.21. The summed E-state index contributed by atoms with van der Waals surface area (Å²) in [4.78, 5) is 35.1. The molecule has 0 atom stereocenters. The molecule has 0 bridgehead atoms. The number of amides is 1. The average Bonchev–Trinajstić information content (AvgIpc) is 2.87.